The van der Waals surface area contributed by atoms with Crippen LogP contribution < -0.4 is 5.32 Å². The van der Waals surface area contributed by atoms with Crippen LogP contribution in [0, 0.1) is 13.8 Å². The molecule has 0 radical (unpaired) electrons. The lowest BCUT2D eigenvalue weighted by molar-refractivity contribution is 0.0951. The van der Waals surface area contributed by atoms with Crippen LogP contribution in [0.2, 0.25) is 0 Å². The number of hydrogen-bond donors (Lipinski definition) is 1. The molecule has 1 fully saturated rings. The summed E-state index contributed by atoms with van der Waals surface area (Å²) in [5.41, 5.74) is 2.74. The van der Waals surface area contributed by atoms with E-state index < -0.39 is 0 Å². The van der Waals surface area contributed by atoms with Gasteiger partial charge >= 0.3 is 0 Å². The molecule has 0 aliphatic heterocycles. The molecule has 2 aromatic rings. The summed E-state index contributed by atoms with van der Waals surface area (Å²) in [7, 11) is 0. The van der Waals surface area contributed by atoms with Crippen molar-refractivity contribution in [3.8, 4) is 0 Å². The third-order valence-electron chi connectivity index (χ3n) is 4.82. The molecule has 1 N–H and O–H groups in total. The monoisotopic (exact) mass is 315 g/mol. The van der Waals surface area contributed by atoms with Crippen LogP contribution in [0.25, 0.3) is 0 Å². The number of imidazole rings is 1. The second-order valence-electron chi connectivity index (χ2n) is 6.25. The highest BCUT2D eigenvalue weighted by molar-refractivity contribution is 5.94. The topological polar surface area (TPSA) is 64.7 Å². The second-order valence-corrected chi connectivity index (χ2v) is 6.25. The maximum Gasteiger partial charge on any atom is 0.254 e. The molecule has 1 aliphatic rings. The van der Waals surface area contributed by atoms with Gasteiger partial charge in [-0.1, -0.05) is 6.42 Å². The normalized spacial score (nSPS) is 14.7. The van der Waals surface area contributed by atoms with Crippen LogP contribution in [0.4, 0.5) is 0 Å². The molecule has 2 heterocycles. The molecule has 2 aromatic heterocycles. The van der Waals surface area contributed by atoms with Crippen molar-refractivity contribution < 1.29 is 4.79 Å². The van der Waals surface area contributed by atoms with E-state index >= 15 is 0 Å². The lowest BCUT2D eigenvalue weighted by atomic mass is 9.85. The first kappa shape index (κ1) is 15.8. The lowest BCUT2D eigenvalue weighted by Crippen LogP contribution is -2.29. The van der Waals surface area contributed by atoms with E-state index in [0.717, 1.165) is 24.5 Å². The van der Waals surface area contributed by atoms with Crippen LogP contribution in [-0.4, -0.2) is 31.8 Å². The molecule has 124 valence electrons. The summed E-state index contributed by atoms with van der Waals surface area (Å²) < 4.78 is 4.08. The zero-order valence-corrected chi connectivity index (χ0v) is 14.2. The molecule has 0 aromatic carbocycles. The van der Waals surface area contributed by atoms with E-state index in [9.17, 15) is 4.79 Å². The first-order chi connectivity index (χ1) is 11.1. The molecule has 1 aliphatic carbocycles. The molecule has 6 heteroatoms. The molecular formula is C17H25N5O. The number of aromatic nitrogens is 4. The zero-order chi connectivity index (χ0) is 16.4. The Balaban J connectivity index is 1.60. The summed E-state index contributed by atoms with van der Waals surface area (Å²) in [6.45, 7) is 8.17. The van der Waals surface area contributed by atoms with Crippen molar-refractivity contribution >= 4 is 5.91 Å². The van der Waals surface area contributed by atoms with E-state index in [1.165, 1.54) is 25.1 Å². The summed E-state index contributed by atoms with van der Waals surface area (Å²) in [4.78, 5) is 16.9. The van der Waals surface area contributed by atoms with Crippen molar-refractivity contribution in [3.05, 3.63) is 35.2 Å². The first-order valence-electron chi connectivity index (χ1n) is 8.44. The number of carbonyl (C=O) groups excluding carboxylic acids is 1. The predicted octanol–water partition coefficient (Wildman–Crippen LogP) is 2.41. The SMILES string of the molecule is CCn1ncc(C(=O)NCCn2c(C)cnc2C2CCC2)c1C. The quantitative estimate of drug-likeness (QED) is 0.890. The number of rotatable bonds is 6. The third-order valence-corrected chi connectivity index (χ3v) is 4.82. The summed E-state index contributed by atoms with van der Waals surface area (Å²) in [6.07, 6.45) is 7.35. The van der Waals surface area contributed by atoms with E-state index in [0.29, 0.717) is 18.0 Å². The number of nitrogens with zero attached hydrogens (tertiary/aromatic N) is 4. The van der Waals surface area contributed by atoms with E-state index in [-0.39, 0.29) is 5.91 Å². The predicted molar refractivity (Wildman–Crippen MR) is 88.5 cm³/mol. The van der Waals surface area contributed by atoms with Gasteiger partial charge in [0.15, 0.2) is 0 Å². The van der Waals surface area contributed by atoms with E-state index in [4.69, 9.17) is 0 Å². The van der Waals surface area contributed by atoms with Gasteiger partial charge in [-0.15, -0.1) is 0 Å². The van der Waals surface area contributed by atoms with Crippen molar-refractivity contribution in [2.45, 2.75) is 59.0 Å². The van der Waals surface area contributed by atoms with Gasteiger partial charge in [-0.25, -0.2) is 4.98 Å². The molecule has 6 nitrogen and oxygen atoms in total. The van der Waals surface area contributed by atoms with Crippen molar-refractivity contribution in [2.24, 2.45) is 0 Å². The third kappa shape index (κ3) is 3.02. The molecule has 0 bridgehead atoms. The van der Waals surface area contributed by atoms with Gasteiger partial charge in [-0.05, 0) is 33.6 Å². The van der Waals surface area contributed by atoms with Gasteiger partial charge in [0.25, 0.3) is 5.91 Å². The highest BCUT2D eigenvalue weighted by Crippen LogP contribution is 2.35. The lowest BCUT2D eigenvalue weighted by Gasteiger charge is -2.26. The van der Waals surface area contributed by atoms with Gasteiger partial charge in [-0.2, -0.15) is 5.10 Å². The number of carbonyl (C=O) groups is 1. The summed E-state index contributed by atoms with van der Waals surface area (Å²) in [5, 5.41) is 7.23. The first-order valence-corrected chi connectivity index (χ1v) is 8.44. The minimum Gasteiger partial charge on any atom is -0.350 e. The standard InChI is InChI=1S/C17H25N5O/c1-4-22-13(3)15(11-20-22)17(23)18-8-9-21-12(2)10-19-16(21)14-6-5-7-14/h10-11,14H,4-9H2,1-3H3,(H,18,23). The van der Waals surface area contributed by atoms with Crippen LogP contribution in [0.3, 0.4) is 0 Å². The molecule has 0 unspecified atom stereocenters. The minimum atomic E-state index is -0.0508. The maximum atomic E-state index is 12.3. The Labute approximate surface area is 136 Å². The molecule has 1 saturated carbocycles. The molecule has 0 atom stereocenters. The molecular weight excluding hydrogens is 290 g/mol. The van der Waals surface area contributed by atoms with Crippen LogP contribution in [-0.2, 0) is 13.1 Å². The zero-order valence-electron chi connectivity index (χ0n) is 14.2. The largest absolute Gasteiger partial charge is 0.350 e. The fraction of sp³-hybridized carbons (Fsp3) is 0.588. The van der Waals surface area contributed by atoms with E-state index in [1.807, 2.05) is 24.7 Å². The highest BCUT2D eigenvalue weighted by atomic mass is 16.1. The Kier molecular flexibility index (Phi) is 4.50. The van der Waals surface area contributed by atoms with Gasteiger partial charge < -0.3 is 9.88 Å². The highest BCUT2D eigenvalue weighted by Gasteiger charge is 2.24. The van der Waals surface area contributed by atoms with Crippen molar-refractivity contribution in [3.63, 3.8) is 0 Å². The smallest absolute Gasteiger partial charge is 0.254 e. The van der Waals surface area contributed by atoms with Crippen LogP contribution >= 0.6 is 0 Å². The molecule has 3 rings (SSSR count). The van der Waals surface area contributed by atoms with Crippen LogP contribution in [0.5, 0.6) is 0 Å². The van der Waals surface area contributed by atoms with E-state index in [2.05, 4.69) is 26.9 Å². The Hall–Kier alpha value is -2.11. The average Bonchev–Trinajstić information content (AvgIpc) is 3.02. The Morgan fingerprint density at radius 3 is 2.74 bits per heavy atom. The van der Waals surface area contributed by atoms with Gasteiger partial charge in [0.1, 0.15) is 5.82 Å². The van der Waals surface area contributed by atoms with Crippen LogP contribution in [0.1, 0.15) is 59.7 Å². The number of hydrogen-bond acceptors (Lipinski definition) is 3. The maximum absolute atomic E-state index is 12.3. The van der Waals surface area contributed by atoms with Gasteiger partial charge in [0, 0.05) is 43.1 Å². The molecule has 0 spiro atoms. The molecule has 1 amide bonds. The van der Waals surface area contributed by atoms with Gasteiger partial charge in [0.05, 0.1) is 11.8 Å². The Morgan fingerprint density at radius 1 is 1.35 bits per heavy atom. The van der Waals surface area contributed by atoms with Crippen molar-refractivity contribution in [1.82, 2.24) is 24.6 Å². The number of amides is 1. The van der Waals surface area contributed by atoms with Crippen LogP contribution in [0.15, 0.2) is 12.4 Å². The average molecular weight is 315 g/mol. The van der Waals surface area contributed by atoms with Crippen molar-refractivity contribution in [2.75, 3.05) is 6.54 Å². The molecule has 23 heavy (non-hydrogen) atoms. The Bertz CT molecular complexity index is 696. The fourth-order valence-electron chi connectivity index (χ4n) is 3.13. The number of aryl methyl sites for hydroxylation is 2. The van der Waals surface area contributed by atoms with Gasteiger partial charge in [0.2, 0.25) is 0 Å². The summed E-state index contributed by atoms with van der Waals surface area (Å²) in [6, 6.07) is 0. The Morgan fingerprint density at radius 2 is 2.13 bits per heavy atom. The summed E-state index contributed by atoms with van der Waals surface area (Å²) >= 11 is 0. The second kappa shape index (κ2) is 6.56. The number of nitrogens with one attached hydrogen (secondary N) is 1. The summed E-state index contributed by atoms with van der Waals surface area (Å²) in [5.74, 6) is 1.73. The van der Waals surface area contributed by atoms with Gasteiger partial charge in [-0.3, -0.25) is 9.48 Å². The molecule has 0 saturated heterocycles. The fourth-order valence-corrected chi connectivity index (χ4v) is 3.13. The van der Waals surface area contributed by atoms with Crippen molar-refractivity contribution in [1.29, 1.82) is 0 Å². The van der Waals surface area contributed by atoms with E-state index in [1.54, 1.807) is 6.20 Å². The minimum absolute atomic E-state index is 0.0508.